The van der Waals surface area contributed by atoms with Crippen LogP contribution in [-0.2, 0) is 11.2 Å². The fourth-order valence-electron chi connectivity index (χ4n) is 3.35. The number of amides is 1. The quantitative estimate of drug-likeness (QED) is 0.321. The Morgan fingerprint density at radius 3 is 2.81 bits per heavy atom. The van der Waals surface area contributed by atoms with Crippen LogP contribution in [0.25, 0.3) is 16.6 Å². The number of Topliss-reactive ketones (excluding diaryl/α,β-unsaturated/α-hetero) is 1. The number of ketones is 1. The highest BCUT2D eigenvalue weighted by Gasteiger charge is 2.16. The number of ether oxygens (including phenoxy) is 1. The number of fused-ring (bicyclic) bond motifs is 3. The summed E-state index contributed by atoms with van der Waals surface area (Å²) in [5.41, 5.74) is 2.80. The van der Waals surface area contributed by atoms with E-state index < -0.39 is 0 Å². The van der Waals surface area contributed by atoms with Gasteiger partial charge in [-0.3, -0.25) is 14.0 Å². The molecule has 0 spiro atoms. The molecule has 1 N–H and O–H groups in total. The number of benzene rings is 1. The normalized spacial score (nSPS) is 11.2. The molecule has 7 nitrogen and oxygen atoms in total. The van der Waals surface area contributed by atoms with Crippen molar-refractivity contribution in [2.75, 3.05) is 19.4 Å². The molecule has 0 atom stereocenters. The molecule has 4 rings (SSSR count). The number of carbonyl (C=O) groups is 2. The first-order valence-electron chi connectivity index (χ1n) is 9.78. The third-order valence-electron chi connectivity index (χ3n) is 4.89. The minimum atomic E-state index is -0.0508. The maximum Gasteiger partial charge on any atom is 0.216 e. The Morgan fingerprint density at radius 1 is 1.19 bits per heavy atom. The first-order chi connectivity index (χ1) is 15.0. The third-order valence-corrected chi connectivity index (χ3v) is 7.00. The molecule has 3 heterocycles. The number of rotatable bonds is 8. The van der Waals surface area contributed by atoms with E-state index in [1.165, 1.54) is 30.0 Å². The molecule has 9 heteroatoms. The predicted molar refractivity (Wildman–Crippen MR) is 124 cm³/mol. The zero-order valence-electron chi connectivity index (χ0n) is 17.5. The van der Waals surface area contributed by atoms with Crippen LogP contribution in [-0.4, -0.2) is 45.7 Å². The summed E-state index contributed by atoms with van der Waals surface area (Å²) in [6.45, 7) is 4.11. The van der Waals surface area contributed by atoms with E-state index in [1.54, 1.807) is 7.11 Å². The highest BCUT2D eigenvalue weighted by Crippen LogP contribution is 2.29. The van der Waals surface area contributed by atoms with Crippen LogP contribution in [0, 0.1) is 6.92 Å². The first kappa shape index (κ1) is 21.3. The van der Waals surface area contributed by atoms with Gasteiger partial charge >= 0.3 is 0 Å². The molecular formula is C22H22N4O3S2. The monoisotopic (exact) mass is 454 g/mol. The van der Waals surface area contributed by atoms with Crippen LogP contribution in [0.15, 0.2) is 41.6 Å². The SMILES string of the molecule is COc1ccc2c(C)cc3nnc(SCC(=O)c4ccc(CCNC(C)=O)s4)n3c2c1. The van der Waals surface area contributed by atoms with Gasteiger partial charge < -0.3 is 10.1 Å². The molecule has 0 aliphatic carbocycles. The van der Waals surface area contributed by atoms with Gasteiger partial charge in [0, 0.05) is 29.8 Å². The summed E-state index contributed by atoms with van der Waals surface area (Å²) in [4.78, 5) is 25.5. The maximum absolute atomic E-state index is 12.7. The summed E-state index contributed by atoms with van der Waals surface area (Å²) in [6.07, 6.45) is 0.715. The molecule has 0 saturated carbocycles. The molecule has 0 bridgehead atoms. The lowest BCUT2D eigenvalue weighted by Gasteiger charge is -2.09. The second-order valence-electron chi connectivity index (χ2n) is 7.10. The van der Waals surface area contributed by atoms with E-state index in [-0.39, 0.29) is 17.4 Å². The van der Waals surface area contributed by atoms with Crippen molar-refractivity contribution < 1.29 is 14.3 Å². The highest BCUT2D eigenvalue weighted by molar-refractivity contribution is 7.99. The zero-order chi connectivity index (χ0) is 22.0. The molecule has 0 unspecified atom stereocenters. The molecule has 0 aliphatic rings. The summed E-state index contributed by atoms with van der Waals surface area (Å²) >= 11 is 2.84. The lowest BCUT2D eigenvalue weighted by molar-refractivity contribution is -0.118. The molecular weight excluding hydrogens is 432 g/mol. The van der Waals surface area contributed by atoms with Crippen LogP contribution in [0.2, 0.25) is 0 Å². The predicted octanol–water partition coefficient (Wildman–Crippen LogP) is 3.91. The largest absolute Gasteiger partial charge is 0.497 e. The van der Waals surface area contributed by atoms with Gasteiger partial charge in [0.15, 0.2) is 16.6 Å². The number of hydrogen-bond acceptors (Lipinski definition) is 7. The van der Waals surface area contributed by atoms with Crippen molar-refractivity contribution in [1.82, 2.24) is 19.9 Å². The van der Waals surface area contributed by atoms with E-state index in [9.17, 15) is 9.59 Å². The standard InChI is InChI=1S/C22H22N4O3S2/c1-13-10-21-24-25-22(26(21)18-11-15(29-3)4-6-17(13)18)30-12-19(28)20-7-5-16(31-20)8-9-23-14(2)27/h4-7,10-11H,8-9,12H2,1-3H3,(H,23,27). The van der Waals surface area contributed by atoms with Gasteiger partial charge in [0.05, 0.1) is 23.3 Å². The second-order valence-corrected chi connectivity index (χ2v) is 9.21. The number of thiophene rings is 1. The Balaban J connectivity index is 1.53. The molecule has 0 radical (unpaired) electrons. The van der Waals surface area contributed by atoms with Crippen molar-refractivity contribution in [3.63, 3.8) is 0 Å². The number of thioether (sulfide) groups is 1. The number of nitrogens with one attached hydrogen (secondary N) is 1. The molecule has 0 aliphatic heterocycles. The Labute approximate surface area is 187 Å². The summed E-state index contributed by atoms with van der Waals surface area (Å²) in [5.74, 6) is 1.02. The smallest absolute Gasteiger partial charge is 0.216 e. The van der Waals surface area contributed by atoms with E-state index in [1.807, 2.05) is 47.7 Å². The number of pyridine rings is 1. The summed E-state index contributed by atoms with van der Waals surface area (Å²) in [6, 6.07) is 11.7. The number of nitrogens with zero attached hydrogens (tertiary/aromatic N) is 3. The summed E-state index contributed by atoms with van der Waals surface area (Å²) < 4.78 is 7.36. The van der Waals surface area contributed by atoms with Crippen LogP contribution < -0.4 is 10.1 Å². The molecule has 1 amide bonds. The van der Waals surface area contributed by atoms with Crippen LogP contribution in [0.3, 0.4) is 0 Å². The fraction of sp³-hybridized carbons (Fsp3) is 0.273. The van der Waals surface area contributed by atoms with Crippen molar-refractivity contribution >= 4 is 51.3 Å². The van der Waals surface area contributed by atoms with Crippen molar-refractivity contribution in [2.45, 2.75) is 25.4 Å². The summed E-state index contributed by atoms with van der Waals surface area (Å²) in [5, 5.41) is 13.1. The second kappa shape index (κ2) is 9.07. The lowest BCUT2D eigenvalue weighted by atomic mass is 10.1. The van der Waals surface area contributed by atoms with Crippen LogP contribution >= 0.6 is 23.1 Å². The van der Waals surface area contributed by atoms with Gasteiger partial charge in [0.1, 0.15) is 5.75 Å². The van der Waals surface area contributed by atoms with Crippen LogP contribution in [0.4, 0.5) is 0 Å². The zero-order valence-corrected chi connectivity index (χ0v) is 19.1. The van der Waals surface area contributed by atoms with Gasteiger partial charge in [-0.2, -0.15) is 0 Å². The van der Waals surface area contributed by atoms with Crippen LogP contribution in [0.5, 0.6) is 5.75 Å². The lowest BCUT2D eigenvalue weighted by Crippen LogP contribution is -2.22. The minimum absolute atomic E-state index is 0.0477. The number of aryl methyl sites for hydroxylation is 1. The first-order valence-corrected chi connectivity index (χ1v) is 11.6. The minimum Gasteiger partial charge on any atom is -0.497 e. The fourth-order valence-corrected chi connectivity index (χ4v) is 5.22. The van der Waals surface area contributed by atoms with Crippen LogP contribution in [0.1, 0.15) is 27.0 Å². The van der Waals surface area contributed by atoms with E-state index >= 15 is 0 Å². The Morgan fingerprint density at radius 2 is 2.03 bits per heavy atom. The topological polar surface area (TPSA) is 85.6 Å². The van der Waals surface area contributed by atoms with Crippen molar-refractivity contribution in [3.8, 4) is 5.75 Å². The third kappa shape index (κ3) is 4.57. The number of hydrogen-bond donors (Lipinski definition) is 1. The van der Waals surface area contributed by atoms with Crippen molar-refractivity contribution in [3.05, 3.63) is 51.7 Å². The maximum atomic E-state index is 12.7. The molecule has 160 valence electrons. The molecule has 0 saturated heterocycles. The van der Waals surface area contributed by atoms with Gasteiger partial charge in [0.25, 0.3) is 0 Å². The number of carbonyl (C=O) groups excluding carboxylic acids is 2. The van der Waals surface area contributed by atoms with Crippen molar-refractivity contribution in [1.29, 1.82) is 0 Å². The van der Waals surface area contributed by atoms with Gasteiger partial charge in [0.2, 0.25) is 5.91 Å². The van der Waals surface area contributed by atoms with E-state index in [2.05, 4.69) is 15.5 Å². The number of methoxy groups -OCH3 is 1. The number of aromatic nitrogens is 3. The van der Waals surface area contributed by atoms with Gasteiger partial charge in [-0.05, 0) is 49.2 Å². The Bertz CT molecular complexity index is 1280. The average molecular weight is 455 g/mol. The van der Waals surface area contributed by atoms with Gasteiger partial charge in [-0.1, -0.05) is 11.8 Å². The van der Waals surface area contributed by atoms with E-state index in [4.69, 9.17) is 4.74 Å². The highest BCUT2D eigenvalue weighted by atomic mass is 32.2. The average Bonchev–Trinajstić information content (AvgIpc) is 3.38. The van der Waals surface area contributed by atoms with E-state index in [0.29, 0.717) is 23.0 Å². The van der Waals surface area contributed by atoms with Crippen molar-refractivity contribution in [2.24, 2.45) is 0 Å². The molecule has 4 aromatic rings. The molecule has 1 aromatic carbocycles. The van der Waals surface area contributed by atoms with E-state index in [0.717, 1.165) is 32.7 Å². The van der Waals surface area contributed by atoms with Gasteiger partial charge in [-0.15, -0.1) is 21.5 Å². The Kier molecular flexibility index (Phi) is 6.24. The molecule has 0 fully saturated rings. The summed E-state index contributed by atoms with van der Waals surface area (Å²) in [7, 11) is 1.64. The Hall–Kier alpha value is -2.91. The van der Waals surface area contributed by atoms with Gasteiger partial charge in [-0.25, -0.2) is 0 Å². The molecule has 3 aromatic heterocycles. The molecule has 31 heavy (non-hydrogen) atoms.